The van der Waals surface area contributed by atoms with Crippen LogP contribution < -0.4 is 5.73 Å². The molecule has 1 aromatic heterocycles. The molecule has 0 aliphatic carbocycles. The Morgan fingerprint density at radius 2 is 2.21 bits per heavy atom. The van der Waals surface area contributed by atoms with E-state index in [4.69, 9.17) is 14.9 Å². The summed E-state index contributed by atoms with van der Waals surface area (Å²) < 4.78 is 11.2. The van der Waals surface area contributed by atoms with Crippen LogP contribution in [0.25, 0.3) is 11.1 Å². The number of rotatable bonds is 6. The lowest BCUT2D eigenvalue weighted by Crippen LogP contribution is -2.24. The van der Waals surface area contributed by atoms with Gasteiger partial charge in [0.15, 0.2) is 5.58 Å². The Morgan fingerprint density at radius 3 is 2.95 bits per heavy atom. The van der Waals surface area contributed by atoms with Gasteiger partial charge in [-0.05, 0) is 39.1 Å². The maximum atomic E-state index is 5.72. The molecule has 0 saturated heterocycles. The van der Waals surface area contributed by atoms with Crippen molar-refractivity contribution < 1.29 is 9.15 Å². The predicted molar refractivity (Wildman–Crippen MR) is 75.8 cm³/mol. The summed E-state index contributed by atoms with van der Waals surface area (Å²) >= 11 is 0. The minimum Gasteiger partial charge on any atom is -0.439 e. The van der Waals surface area contributed by atoms with Crippen molar-refractivity contribution in [2.45, 2.75) is 26.5 Å². The SMILES string of the molecule is CC(C)OCCN(C)Cc1nc2cc(N)ccc2o1. The van der Waals surface area contributed by atoms with Gasteiger partial charge in [0.05, 0.1) is 19.3 Å². The third kappa shape index (κ3) is 3.94. The van der Waals surface area contributed by atoms with E-state index in [9.17, 15) is 0 Å². The number of aromatic nitrogens is 1. The smallest absolute Gasteiger partial charge is 0.209 e. The first-order valence-corrected chi connectivity index (χ1v) is 6.49. The van der Waals surface area contributed by atoms with E-state index >= 15 is 0 Å². The van der Waals surface area contributed by atoms with Gasteiger partial charge in [-0.2, -0.15) is 0 Å². The van der Waals surface area contributed by atoms with Crippen molar-refractivity contribution >= 4 is 16.8 Å². The summed E-state index contributed by atoms with van der Waals surface area (Å²) in [5.41, 5.74) is 8.00. The third-order valence-corrected chi connectivity index (χ3v) is 2.79. The molecule has 0 spiro atoms. The largest absolute Gasteiger partial charge is 0.439 e. The molecule has 0 aliphatic heterocycles. The van der Waals surface area contributed by atoms with E-state index in [1.165, 1.54) is 0 Å². The normalized spacial score (nSPS) is 11.8. The zero-order valence-electron chi connectivity index (χ0n) is 11.7. The van der Waals surface area contributed by atoms with E-state index in [-0.39, 0.29) is 6.10 Å². The Morgan fingerprint density at radius 1 is 1.42 bits per heavy atom. The molecule has 2 N–H and O–H groups in total. The standard InChI is InChI=1S/C14H21N3O2/c1-10(2)18-7-6-17(3)9-14-16-12-8-11(15)4-5-13(12)19-14/h4-5,8,10H,6-7,9,15H2,1-3H3. The molecule has 5 nitrogen and oxygen atoms in total. The van der Waals surface area contributed by atoms with Gasteiger partial charge in [0, 0.05) is 12.2 Å². The molecule has 2 aromatic rings. The van der Waals surface area contributed by atoms with Crippen LogP contribution in [-0.4, -0.2) is 36.2 Å². The van der Waals surface area contributed by atoms with E-state index in [1.807, 2.05) is 39.1 Å². The Balaban J connectivity index is 1.93. The van der Waals surface area contributed by atoms with Crippen LogP contribution in [0, 0.1) is 0 Å². The summed E-state index contributed by atoms with van der Waals surface area (Å²) in [5, 5.41) is 0. The molecular weight excluding hydrogens is 242 g/mol. The molecule has 0 fully saturated rings. The van der Waals surface area contributed by atoms with Gasteiger partial charge >= 0.3 is 0 Å². The van der Waals surface area contributed by atoms with E-state index in [0.717, 1.165) is 17.6 Å². The van der Waals surface area contributed by atoms with E-state index in [0.29, 0.717) is 24.7 Å². The minimum absolute atomic E-state index is 0.265. The van der Waals surface area contributed by atoms with Crippen LogP contribution in [0.2, 0.25) is 0 Å². The molecule has 0 unspecified atom stereocenters. The van der Waals surface area contributed by atoms with Crippen molar-refractivity contribution in [3.05, 3.63) is 24.1 Å². The fraction of sp³-hybridized carbons (Fsp3) is 0.500. The summed E-state index contributed by atoms with van der Waals surface area (Å²) in [6.07, 6.45) is 0.265. The van der Waals surface area contributed by atoms with Crippen molar-refractivity contribution in [3.8, 4) is 0 Å². The highest BCUT2D eigenvalue weighted by molar-refractivity contribution is 5.76. The maximum Gasteiger partial charge on any atom is 0.209 e. The number of ether oxygens (including phenoxy) is 1. The molecule has 19 heavy (non-hydrogen) atoms. The molecule has 104 valence electrons. The molecule has 2 rings (SSSR count). The molecule has 0 bridgehead atoms. The number of nitrogen functional groups attached to an aromatic ring is 1. The minimum atomic E-state index is 0.265. The van der Waals surface area contributed by atoms with Gasteiger partial charge in [0.1, 0.15) is 5.52 Å². The van der Waals surface area contributed by atoms with Crippen LogP contribution in [-0.2, 0) is 11.3 Å². The fourth-order valence-corrected chi connectivity index (χ4v) is 1.81. The number of hydrogen-bond acceptors (Lipinski definition) is 5. The lowest BCUT2D eigenvalue weighted by molar-refractivity contribution is 0.0614. The highest BCUT2D eigenvalue weighted by atomic mass is 16.5. The molecule has 0 atom stereocenters. The highest BCUT2D eigenvalue weighted by Gasteiger charge is 2.08. The van der Waals surface area contributed by atoms with Crippen LogP contribution in [0.4, 0.5) is 5.69 Å². The number of hydrogen-bond donors (Lipinski definition) is 1. The lowest BCUT2D eigenvalue weighted by atomic mass is 10.3. The lowest BCUT2D eigenvalue weighted by Gasteiger charge is -2.15. The number of nitrogens with two attached hydrogens (primary N) is 1. The van der Waals surface area contributed by atoms with E-state index in [2.05, 4.69) is 9.88 Å². The Kier molecular flexibility index (Phi) is 4.39. The second kappa shape index (κ2) is 6.04. The fourth-order valence-electron chi connectivity index (χ4n) is 1.81. The van der Waals surface area contributed by atoms with Gasteiger partial charge in [-0.3, -0.25) is 4.90 Å². The molecule has 0 amide bonds. The van der Waals surface area contributed by atoms with Gasteiger partial charge in [-0.1, -0.05) is 0 Å². The number of oxazole rings is 1. The number of benzene rings is 1. The van der Waals surface area contributed by atoms with Crippen molar-refractivity contribution in [2.24, 2.45) is 0 Å². The van der Waals surface area contributed by atoms with E-state index in [1.54, 1.807) is 0 Å². The average molecular weight is 263 g/mol. The highest BCUT2D eigenvalue weighted by Crippen LogP contribution is 2.18. The van der Waals surface area contributed by atoms with Crippen LogP contribution in [0.3, 0.4) is 0 Å². The van der Waals surface area contributed by atoms with Gasteiger partial charge in [-0.25, -0.2) is 4.98 Å². The maximum absolute atomic E-state index is 5.72. The first-order chi connectivity index (χ1) is 9.04. The summed E-state index contributed by atoms with van der Waals surface area (Å²) in [6.45, 7) is 6.28. The molecule has 0 saturated carbocycles. The number of fused-ring (bicyclic) bond motifs is 1. The van der Waals surface area contributed by atoms with E-state index < -0.39 is 0 Å². The number of anilines is 1. The summed E-state index contributed by atoms with van der Waals surface area (Å²) in [4.78, 5) is 6.55. The third-order valence-electron chi connectivity index (χ3n) is 2.79. The topological polar surface area (TPSA) is 64.5 Å². The molecule has 1 heterocycles. The van der Waals surface area contributed by atoms with Crippen LogP contribution in [0.1, 0.15) is 19.7 Å². The van der Waals surface area contributed by atoms with Gasteiger partial charge in [0.25, 0.3) is 0 Å². The first-order valence-electron chi connectivity index (χ1n) is 6.49. The summed E-state index contributed by atoms with van der Waals surface area (Å²) in [7, 11) is 2.02. The predicted octanol–water partition coefficient (Wildman–Crippen LogP) is 2.27. The average Bonchev–Trinajstić information content (AvgIpc) is 2.69. The molecular formula is C14H21N3O2. The van der Waals surface area contributed by atoms with Gasteiger partial charge in [0.2, 0.25) is 5.89 Å². The van der Waals surface area contributed by atoms with Crippen molar-refractivity contribution in [2.75, 3.05) is 25.9 Å². The van der Waals surface area contributed by atoms with Crippen molar-refractivity contribution in [1.82, 2.24) is 9.88 Å². The quantitative estimate of drug-likeness (QED) is 0.810. The summed E-state index contributed by atoms with van der Waals surface area (Å²) in [5.74, 6) is 0.702. The molecule has 0 radical (unpaired) electrons. The van der Waals surface area contributed by atoms with Crippen LogP contribution >= 0.6 is 0 Å². The Bertz CT molecular complexity index is 536. The van der Waals surface area contributed by atoms with Gasteiger partial charge in [-0.15, -0.1) is 0 Å². The van der Waals surface area contributed by atoms with Crippen molar-refractivity contribution in [1.29, 1.82) is 0 Å². The Labute approximate surface area is 113 Å². The Hall–Kier alpha value is -1.59. The monoisotopic (exact) mass is 263 g/mol. The second-order valence-electron chi connectivity index (χ2n) is 4.99. The molecule has 5 heteroatoms. The zero-order chi connectivity index (χ0) is 13.8. The second-order valence-corrected chi connectivity index (χ2v) is 4.99. The van der Waals surface area contributed by atoms with Gasteiger partial charge < -0.3 is 14.9 Å². The van der Waals surface area contributed by atoms with Crippen LogP contribution in [0.15, 0.2) is 22.6 Å². The molecule has 1 aromatic carbocycles. The van der Waals surface area contributed by atoms with Crippen LogP contribution in [0.5, 0.6) is 0 Å². The first kappa shape index (κ1) is 13.8. The summed E-state index contributed by atoms with van der Waals surface area (Å²) in [6, 6.07) is 5.49. The number of nitrogens with zero attached hydrogens (tertiary/aromatic N) is 2. The van der Waals surface area contributed by atoms with Crippen molar-refractivity contribution in [3.63, 3.8) is 0 Å². The number of likely N-dealkylation sites (N-methyl/N-ethyl adjacent to an activating group) is 1. The molecule has 0 aliphatic rings. The zero-order valence-corrected chi connectivity index (χ0v) is 11.7.